The quantitative estimate of drug-likeness (QED) is 0.775. The summed E-state index contributed by atoms with van der Waals surface area (Å²) >= 11 is 0. The lowest BCUT2D eigenvalue weighted by Gasteiger charge is -2.35. The second-order valence-electron chi connectivity index (χ2n) is 8.42. The molecule has 7 heteroatoms. The number of nitrogens with zero attached hydrogens (tertiary/aromatic N) is 1. The lowest BCUT2D eigenvalue weighted by atomic mass is 9.77. The van der Waals surface area contributed by atoms with Gasteiger partial charge < -0.3 is 10.2 Å². The van der Waals surface area contributed by atoms with Crippen LogP contribution < -0.4 is 5.32 Å². The summed E-state index contributed by atoms with van der Waals surface area (Å²) in [6.45, 7) is 3.49. The van der Waals surface area contributed by atoms with Gasteiger partial charge in [-0.15, -0.1) is 12.4 Å². The molecule has 2 atom stereocenters. The first-order chi connectivity index (χ1) is 12.9. The maximum atomic E-state index is 13.6. The van der Waals surface area contributed by atoms with Gasteiger partial charge in [-0.1, -0.05) is 31.0 Å². The number of likely N-dealkylation sites (tertiary alicyclic amines) is 1. The number of nitrogens with one attached hydrogen (secondary N) is 1. The van der Waals surface area contributed by atoms with Crippen LogP contribution in [0.2, 0.25) is 0 Å². The van der Waals surface area contributed by atoms with Crippen LogP contribution in [0.3, 0.4) is 0 Å². The van der Waals surface area contributed by atoms with Crippen LogP contribution in [0.1, 0.15) is 49.7 Å². The Balaban J connectivity index is 0.00000225. The molecule has 3 aliphatic rings. The fourth-order valence-electron chi connectivity index (χ4n) is 5.32. The lowest BCUT2D eigenvalue weighted by molar-refractivity contribution is -0.139. The Morgan fingerprint density at radius 1 is 1.07 bits per heavy atom. The van der Waals surface area contributed by atoms with Crippen LogP contribution >= 0.6 is 12.4 Å². The SMILES string of the molecule is Cl.O=C(N1CC[C@@H]2CNC[C@@H]2CC1)C1(c2cccc(C(F)(F)F)c2)CCCC1. The van der Waals surface area contributed by atoms with Crippen molar-refractivity contribution < 1.29 is 18.0 Å². The minimum Gasteiger partial charge on any atom is -0.342 e. The van der Waals surface area contributed by atoms with E-state index in [1.54, 1.807) is 6.07 Å². The number of carbonyl (C=O) groups is 1. The molecule has 1 aromatic rings. The first-order valence-corrected chi connectivity index (χ1v) is 10.1. The molecule has 1 saturated carbocycles. The molecule has 156 valence electrons. The number of rotatable bonds is 2. The smallest absolute Gasteiger partial charge is 0.342 e. The maximum Gasteiger partial charge on any atom is 0.416 e. The highest BCUT2D eigenvalue weighted by molar-refractivity contribution is 5.88. The molecule has 28 heavy (non-hydrogen) atoms. The summed E-state index contributed by atoms with van der Waals surface area (Å²) in [6, 6.07) is 5.47. The second kappa shape index (κ2) is 8.23. The van der Waals surface area contributed by atoms with Gasteiger partial charge in [-0.3, -0.25) is 4.79 Å². The zero-order valence-corrected chi connectivity index (χ0v) is 16.7. The van der Waals surface area contributed by atoms with Gasteiger partial charge in [-0.05, 0) is 62.2 Å². The first-order valence-electron chi connectivity index (χ1n) is 10.1. The van der Waals surface area contributed by atoms with Crippen molar-refractivity contribution in [1.29, 1.82) is 0 Å². The summed E-state index contributed by atoms with van der Waals surface area (Å²) in [4.78, 5) is 15.5. The molecule has 0 radical (unpaired) electrons. The fraction of sp³-hybridized carbons (Fsp3) is 0.667. The Bertz CT molecular complexity index is 689. The van der Waals surface area contributed by atoms with Gasteiger partial charge in [0.2, 0.25) is 5.91 Å². The van der Waals surface area contributed by atoms with Crippen molar-refractivity contribution in [1.82, 2.24) is 10.2 Å². The van der Waals surface area contributed by atoms with Crippen molar-refractivity contribution in [2.24, 2.45) is 11.8 Å². The van der Waals surface area contributed by atoms with Gasteiger partial charge in [0.15, 0.2) is 0 Å². The lowest BCUT2D eigenvalue weighted by Crippen LogP contribution is -2.46. The van der Waals surface area contributed by atoms with Gasteiger partial charge in [-0.2, -0.15) is 13.2 Å². The molecule has 2 aliphatic heterocycles. The van der Waals surface area contributed by atoms with Crippen LogP contribution in [0.4, 0.5) is 13.2 Å². The topological polar surface area (TPSA) is 32.3 Å². The molecule has 1 aromatic carbocycles. The van der Waals surface area contributed by atoms with Crippen molar-refractivity contribution in [3.05, 3.63) is 35.4 Å². The van der Waals surface area contributed by atoms with E-state index >= 15 is 0 Å². The minimum absolute atomic E-state index is 0. The van der Waals surface area contributed by atoms with E-state index in [1.165, 1.54) is 12.1 Å². The van der Waals surface area contributed by atoms with E-state index in [4.69, 9.17) is 0 Å². The number of halogens is 4. The zero-order chi connectivity index (χ0) is 19.1. The Hall–Kier alpha value is -1.27. The predicted molar refractivity (Wildman–Crippen MR) is 105 cm³/mol. The summed E-state index contributed by atoms with van der Waals surface area (Å²) in [7, 11) is 0. The second-order valence-corrected chi connectivity index (χ2v) is 8.42. The summed E-state index contributed by atoms with van der Waals surface area (Å²) in [5.74, 6) is 1.29. The van der Waals surface area contributed by atoms with E-state index < -0.39 is 17.2 Å². The number of amides is 1. The maximum absolute atomic E-state index is 13.6. The van der Waals surface area contributed by atoms with Crippen molar-refractivity contribution in [2.75, 3.05) is 26.2 Å². The molecule has 0 bridgehead atoms. The number of hydrogen-bond acceptors (Lipinski definition) is 2. The van der Waals surface area contributed by atoms with Gasteiger partial charge in [0, 0.05) is 13.1 Å². The van der Waals surface area contributed by atoms with Crippen molar-refractivity contribution in [3.8, 4) is 0 Å². The minimum atomic E-state index is -4.38. The molecular formula is C21H28ClF3N2O. The van der Waals surface area contributed by atoms with E-state index in [-0.39, 0.29) is 18.3 Å². The number of hydrogen-bond donors (Lipinski definition) is 1. The Morgan fingerprint density at radius 2 is 1.68 bits per heavy atom. The number of carbonyl (C=O) groups excluding carboxylic acids is 1. The monoisotopic (exact) mass is 416 g/mol. The van der Waals surface area contributed by atoms with Crippen LogP contribution in [0, 0.1) is 11.8 Å². The number of fused-ring (bicyclic) bond motifs is 1. The zero-order valence-electron chi connectivity index (χ0n) is 15.9. The van der Waals surface area contributed by atoms with Crippen molar-refractivity contribution in [3.63, 3.8) is 0 Å². The molecule has 0 unspecified atom stereocenters. The van der Waals surface area contributed by atoms with Gasteiger partial charge in [0.05, 0.1) is 11.0 Å². The highest BCUT2D eigenvalue weighted by Gasteiger charge is 2.46. The first kappa shape index (κ1) is 21.4. The summed E-state index contributed by atoms with van der Waals surface area (Å²) < 4.78 is 39.7. The molecule has 2 heterocycles. The van der Waals surface area contributed by atoms with E-state index in [0.717, 1.165) is 57.9 Å². The van der Waals surface area contributed by atoms with Crippen LogP contribution in [0.5, 0.6) is 0 Å². The fourth-order valence-corrected chi connectivity index (χ4v) is 5.32. The van der Waals surface area contributed by atoms with E-state index in [1.807, 2.05) is 4.90 Å². The largest absolute Gasteiger partial charge is 0.416 e. The molecule has 0 aromatic heterocycles. The molecule has 3 fully saturated rings. The molecule has 3 nitrogen and oxygen atoms in total. The van der Waals surface area contributed by atoms with Crippen molar-refractivity contribution >= 4 is 18.3 Å². The highest BCUT2D eigenvalue weighted by Crippen LogP contribution is 2.44. The Kier molecular flexibility index (Phi) is 6.30. The standard InChI is InChI=1S/C21H27F3N2O.ClH/c22-21(23,24)18-5-3-4-17(12-18)20(8-1-2-9-20)19(27)26-10-6-15-13-25-14-16(15)7-11-26;/h3-5,12,15-16,25H,1-2,6-11,13-14H2;1H/t15-,16+;. The molecule has 1 aliphatic carbocycles. The molecule has 4 rings (SSSR count). The number of alkyl halides is 3. The highest BCUT2D eigenvalue weighted by atomic mass is 35.5. The van der Waals surface area contributed by atoms with Gasteiger partial charge in [0.1, 0.15) is 0 Å². The average Bonchev–Trinajstić information content (AvgIpc) is 3.27. The normalized spacial score (nSPS) is 27.0. The summed E-state index contributed by atoms with van der Waals surface area (Å²) in [6.07, 6.45) is 0.683. The van der Waals surface area contributed by atoms with Gasteiger partial charge in [-0.25, -0.2) is 0 Å². The third-order valence-electron chi connectivity index (χ3n) is 6.92. The molecule has 1 N–H and O–H groups in total. The molecule has 1 amide bonds. The van der Waals surface area contributed by atoms with Crippen LogP contribution in [0.15, 0.2) is 24.3 Å². The predicted octanol–water partition coefficient (Wildman–Crippen LogP) is 4.40. The molecule has 2 saturated heterocycles. The molecule has 0 spiro atoms. The average molecular weight is 417 g/mol. The number of benzene rings is 1. The summed E-state index contributed by atoms with van der Waals surface area (Å²) in [5, 5.41) is 3.43. The van der Waals surface area contributed by atoms with E-state index in [9.17, 15) is 18.0 Å². The van der Waals surface area contributed by atoms with E-state index in [0.29, 0.717) is 30.2 Å². The van der Waals surface area contributed by atoms with Gasteiger partial charge >= 0.3 is 6.18 Å². The van der Waals surface area contributed by atoms with Crippen LogP contribution in [-0.2, 0) is 16.4 Å². The summed E-state index contributed by atoms with van der Waals surface area (Å²) in [5.41, 5.74) is -0.889. The Morgan fingerprint density at radius 3 is 2.25 bits per heavy atom. The Labute approximate surface area is 170 Å². The van der Waals surface area contributed by atoms with Crippen LogP contribution in [0.25, 0.3) is 0 Å². The molecular weight excluding hydrogens is 389 g/mol. The third kappa shape index (κ3) is 3.90. The third-order valence-corrected chi connectivity index (χ3v) is 6.92. The van der Waals surface area contributed by atoms with E-state index in [2.05, 4.69) is 5.32 Å². The van der Waals surface area contributed by atoms with Gasteiger partial charge in [0.25, 0.3) is 0 Å². The van der Waals surface area contributed by atoms with Crippen molar-refractivity contribution in [2.45, 2.75) is 50.1 Å². The van der Waals surface area contributed by atoms with Crippen LogP contribution in [-0.4, -0.2) is 37.0 Å².